The summed E-state index contributed by atoms with van der Waals surface area (Å²) in [5.74, 6) is 1.95. The largest absolute Gasteiger partial charge is 0.490 e. The Labute approximate surface area is 128 Å². The minimum absolute atomic E-state index is 0.419. The average molecular weight is 289 g/mol. The van der Waals surface area contributed by atoms with Crippen molar-refractivity contribution in [2.75, 3.05) is 28.2 Å². The maximum absolute atomic E-state index is 5.98. The number of guanidine groups is 1. The highest BCUT2D eigenvalue weighted by atomic mass is 16.5. The Hall–Kier alpha value is -1.71. The van der Waals surface area contributed by atoms with Crippen LogP contribution in [0.5, 0.6) is 5.75 Å². The van der Waals surface area contributed by atoms with Crippen LogP contribution in [-0.4, -0.2) is 50.1 Å². The number of ether oxygens (including phenoxy) is 1. The highest BCUT2D eigenvalue weighted by molar-refractivity contribution is 5.79. The molecule has 0 saturated heterocycles. The number of rotatable bonds is 4. The van der Waals surface area contributed by atoms with Crippen LogP contribution in [0.15, 0.2) is 29.3 Å². The first kappa shape index (κ1) is 15.7. The van der Waals surface area contributed by atoms with Crippen molar-refractivity contribution in [2.45, 2.75) is 38.3 Å². The minimum atomic E-state index is 0.419. The number of benzene rings is 1. The fourth-order valence-corrected chi connectivity index (χ4v) is 2.72. The molecule has 1 aromatic rings. The molecule has 4 heteroatoms. The molecule has 0 amide bonds. The summed E-state index contributed by atoms with van der Waals surface area (Å²) in [7, 11) is 8.05. The van der Waals surface area contributed by atoms with E-state index in [2.05, 4.69) is 29.3 Å². The second kappa shape index (κ2) is 7.34. The van der Waals surface area contributed by atoms with Crippen LogP contribution < -0.4 is 4.74 Å². The van der Waals surface area contributed by atoms with Crippen LogP contribution >= 0.6 is 0 Å². The van der Waals surface area contributed by atoms with Gasteiger partial charge in [-0.05, 0) is 43.4 Å². The Morgan fingerprint density at radius 2 is 1.62 bits per heavy atom. The lowest BCUT2D eigenvalue weighted by atomic mass is 10.2. The molecule has 1 aromatic carbocycles. The van der Waals surface area contributed by atoms with E-state index in [4.69, 9.17) is 4.74 Å². The van der Waals surface area contributed by atoms with Gasteiger partial charge in [-0.1, -0.05) is 12.1 Å². The molecule has 0 radical (unpaired) electrons. The molecule has 116 valence electrons. The molecule has 0 aromatic heterocycles. The molecule has 0 unspecified atom stereocenters. The monoisotopic (exact) mass is 289 g/mol. The summed E-state index contributed by atoms with van der Waals surface area (Å²) in [5, 5.41) is 0. The van der Waals surface area contributed by atoms with E-state index in [0.29, 0.717) is 12.6 Å². The van der Waals surface area contributed by atoms with Gasteiger partial charge >= 0.3 is 0 Å². The lowest BCUT2D eigenvalue weighted by Crippen LogP contribution is -2.35. The van der Waals surface area contributed by atoms with Crippen LogP contribution in [0.3, 0.4) is 0 Å². The van der Waals surface area contributed by atoms with Gasteiger partial charge in [0.15, 0.2) is 5.96 Å². The molecule has 2 rings (SSSR count). The van der Waals surface area contributed by atoms with Crippen LogP contribution in [0.4, 0.5) is 0 Å². The molecular formula is C17H27N3O. The SMILES string of the molecule is CN(C)C(=NCc1ccc(OC2CCCC2)cc1)N(C)C. The van der Waals surface area contributed by atoms with Crippen molar-refractivity contribution in [3.8, 4) is 5.75 Å². The van der Waals surface area contributed by atoms with E-state index in [1.54, 1.807) is 0 Å². The number of nitrogens with zero attached hydrogens (tertiary/aromatic N) is 3. The summed E-state index contributed by atoms with van der Waals surface area (Å²) in [6, 6.07) is 8.34. The third-order valence-corrected chi connectivity index (χ3v) is 3.73. The van der Waals surface area contributed by atoms with Crippen molar-refractivity contribution in [1.82, 2.24) is 9.80 Å². The molecule has 0 atom stereocenters. The van der Waals surface area contributed by atoms with Crippen LogP contribution in [0.25, 0.3) is 0 Å². The normalized spacial score (nSPS) is 14.9. The molecule has 21 heavy (non-hydrogen) atoms. The standard InChI is InChI=1S/C17H27N3O/c1-19(2)17(20(3)4)18-13-14-9-11-16(12-10-14)21-15-7-5-6-8-15/h9-12,15H,5-8,13H2,1-4H3. The zero-order chi connectivity index (χ0) is 15.2. The topological polar surface area (TPSA) is 28.1 Å². The van der Waals surface area contributed by atoms with Crippen molar-refractivity contribution < 1.29 is 4.74 Å². The van der Waals surface area contributed by atoms with Gasteiger partial charge in [-0.3, -0.25) is 0 Å². The summed E-state index contributed by atoms with van der Waals surface area (Å²) in [6.07, 6.45) is 5.41. The molecule has 1 fully saturated rings. The molecule has 1 saturated carbocycles. The fourth-order valence-electron chi connectivity index (χ4n) is 2.72. The second-order valence-electron chi connectivity index (χ2n) is 6.07. The Morgan fingerprint density at radius 1 is 1.05 bits per heavy atom. The van der Waals surface area contributed by atoms with Gasteiger partial charge in [0, 0.05) is 28.2 Å². The molecule has 0 heterocycles. The van der Waals surface area contributed by atoms with Crippen LogP contribution in [0.1, 0.15) is 31.2 Å². The highest BCUT2D eigenvalue weighted by Crippen LogP contribution is 2.24. The number of hydrogen-bond donors (Lipinski definition) is 0. The summed E-state index contributed by atoms with van der Waals surface area (Å²) >= 11 is 0. The first-order valence-electron chi connectivity index (χ1n) is 7.71. The quantitative estimate of drug-likeness (QED) is 0.630. The Bertz CT molecular complexity index is 449. The molecular weight excluding hydrogens is 262 g/mol. The molecule has 1 aliphatic carbocycles. The van der Waals surface area contributed by atoms with Crippen molar-refractivity contribution in [3.63, 3.8) is 0 Å². The molecule has 4 nitrogen and oxygen atoms in total. The van der Waals surface area contributed by atoms with E-state index in [-0.39, 0.29) is 0 Å². The van der Waals surface area contributed by atoms with Crippen LogP contribution in [0, 0.1) is 0 Å². The molecule has 0 aliphatic heterocycles. The second-order valence-corrected chi connectivity index (χ2v) is 6.07. The van der Waals surface area contributed by atoms with Crippen LogP contribution in [-0.2, 0) is 6.54 Å². The highest BCUT2D eigenvalue weighted by Gasteiger charge is 2.16. The van der Waals surface area contributed by atoms with Gasteiger partial charge in [-0.25, -0.2) is 4.99 Å². The zero-order valence-electron chi connectivity index (χ0n) is 13.7. The Kier molecular flexibility index (Phi) is 5.48. The predicted molar refractivity (Wildman–Crippen MR) is 87.8 cm³/mol. The van der Waals surface area contributed by atoms with E-state index in [1.807, 2.05) is 38.0 Å². The summed E-state index contributed by atoms with van der Waals surface area (Å²) in [6.45, 7) is 0.690. The first-order chi connectivity index (χ1) is 10.1. The third-order valence-electron chi connectivity index (χ3n) is 3.73. The molecule has 0 N–H and O–H groups in total. The van der Waals surface area contributed by atoms with Crippen molar-refractivity contribution in [1.29, 1.82) is 0 Å². The Balaban J connectivity index is 1.93. The van der Waals surface area contributed by atoms with Crippen molar-refractivity contribution in [2.24, 2.45) is 4.99 Å². The molecule has 1 aliphatic rings. The summed E-state index contributed by atoms with van der Waals surface area (Å²) < 4.78 is 5.98. The summed E-state index contributed by atoms with van der Waals surface area (Å²) in [4.78, 5) is 8.70. The smallest absolute Gasteiger partial charge is 0.195 e. The van der Waals surface area contributed by atoms with E-state index < -0.39 is 0 Å². The van der Waals surface area contributed by atoms with E-state index in [9.17, 15) is 0 Å². The van der Waals surface area contributed by atoms with Crippen molar-refractivity contribution >= 4 is 5.96 Å². The van der Waals surface area contributed by atoms with Crippen molar-refractivity contribution in [3.05, 3.63) is 29.8 Å². The van der Waals surface area contributed by atoms with Crippen LogP contribution in [0.2, 0.25) is 0 Å². The Morgan fingerprint density at radius 3 is 2.14 bits per heavy atom. The number of aliphatic imine (C=N–C) groups is 1. The van der Waals surface area contributed by atoms with E-state index in [0.717, 1.165) is 11.7 Å². The number of hydrogen-bond acceptors (Lipinski definition) is 2. The van der Waals surface area contributed by atoms with Gasteiger partial charge in [0.05, 0.1) is 12.6 Å². The van der Waals surface area contributed by atoms with E-state index in [1.165, 1.54) is 31.2 Å². The van der Waals surface area contributed by atoms with Gasteiger partial charge in [0.25, 0.3) is 0 Å². The summed E-state index contributed by atoms with van der Waals surface area (Å²) in [5.41, 5.74) is 1.20. The van der Waals surface area contributed by atoms with Gasteiger partial charge in [0.2, 0.25) is 0 Å². The average Bonchev–Trinajstić information content (AvgIpc) is 2.93. The van der Waals surface area contributed by atoms with Gasteiger partial charge < -0.3 is 14.5 Å². The predicted octanol–water partition coefficient (Wildman–Crippen LogP) is 2.99. The maximum Gasteiger partial charge on any atom is 0.195 e. The maximum atomic E-state index is 5.98. The first-order valence-corrected chi connectivity index (χ1v) is 7.71. The van der Waals surface area contributed by atoms with E-state index >= 15 is 0 Å². The minimum Gasteiger partial charge on any atom is -0.490 e. The molecule has 0 spiro atoms. The molecule has 0 bridgehead atoms. The lowest BCUT2D eigenvalue weighted by Gasteiger charge is -2.22. The zero-order valence-corrected chi connectivity index (χ0v) is 13.7. The van der Waals surface area contributed by atoms with Gasteiger partial charge in [-0.2, -0.15) is 0 Å². The van der Waals surface area contributed by atoms with Gasteiger partial charge in [-0.15, -0.1) is 0 Å². The fraction of sp³-hybridized carbons (Fsp3) is 0.588. The third kappa shape index (κ3) is 4.66. The van der Waals surface area contributed by atoms with Gasteiger partial charge in [0.1, 0.15) is 5.75 Å². The lowest BCUT2D eigenvalue weighted by molar-refractivity contribution is 0.210.